The van der Waals surface area contributed by atoms with E-state index in [1.165, 1.54) is 0 Å². The first-order valence-electron chi connectivity index (χ1n) is 9.63. The molecule has 152 valence electrons. The fourth-order valence-corrected chi connectivity index (χ4v) is 3.57. The molecule has 0 aliphatic carbocycles. The molecule has 1 aromatic carbocycles. The number of morpholine rings is 1. The van der Waals surface area contributed by atoms with E-state index in [4.69, 9.17) is 9.84 Å². The molecule has 1 fully saturated rings. The number of hydrogen-bond acceptors (Lipinski definition) is 4. The van der Waals surface area contributed by atoms with Crippen LogP contribution in [0.3, 0.4) is 0 Å². The molecule has 1 unspecified atom stereocenters. The molecule has 0 bridgehead atoms. The van der Waals surface area contributed by atoms with Gasteiger partial charge in [-0.2, -0.15) is 0 Å². The van der Waals surface area contributed by atoms with Crippen molar-refractivity contribution in [2.75, 3.05) is 45.2 Å². The molecule has 28 heavy (non-hydrogen) atoms. The van der Waals surface area contributed by atoms with Crippen molar-refractivity contribution in [3.05, 3.63) is 30.5 Å². The smallest absolute Gasteiger partial charge is 0.322 e. The van der Waals surface area contributed by atoms with Gasteiger partial charge in [0.15, 0.2) is 0 Å². The highest BCUT2D eigenvalue weighted by atomic mass is 16.5. The first-order chi connectivity index (χ1) is 13.5. The lowest BCUT2D eigenvalue weighted by atomic mass is 10.2. The standard InChI is InChI=1S/C20H28N4O4/c1-3-7-23-8-6-15-11-16(4-5-18(15)23)21-20(27)24-9-10-28-17(13-24)12-22(2)14-19(25)26/h4-6,8,11,17H,3,7,9-10,12-14H2,1-2H3,(H,21,27)(H,25,26). The number of carboxylic acids is 1. The molecule has 2 amide bonds. The zero-order valence-corrected chi connectivity index (χ0v) is 16.4. The predicted octanol–water partition coefficient (Wildman–Crippen LogP) is 2.30. The number of urea groups is 1. The normalized spacial score (nSPS) is 17.2. The number of aromatic nitrogens is 1. The zero-order valence-electron chi connectivity index (χ0n) is 16.4. The van der Waals surface area contributed by atoms with Crippen molar-refractivity contribution in [3.8, 4) is 0 Å². The van der Waals surface area contributed by atoms with Gasteiger partial charge in [0.25, 0.3) is 0 Å². The van der Waals surface area contributed by atoms with Gasteiger partial charge in [-0.1, -0.05) is 6.92 Å². The fraction of sp³-hybridized carbons (Fsp3) is 0.500. The third kappa shape index (κ3) is 5.02. The number of fused-ring (bicyclic) bond motifs is 1. The molecule has 2 N–H and O–H groups in total. The molecule has 0 saturated carbocycles. The summed E-state index contributed by atoms with van der Waals surface area (Å²) in [6.45, 7) is 4.93. The Hall–Kier alpha value is -2.58. The molecular weight excluding hydrogens is 360 g/mol. The molecule has 8 heteroatoms. The van der Waals surface area contributed by atoms with Crippen LogP contribution in [-0.2, 0) is 16.1 Å². The lowest BCUT2D eigenvalue weighted by Gasteiger charge is -2.34. The lowest BCUT2D eigenvalue weighted by molar-refractivity contribution is -0.138. The summed E-state index contributed by atoms with van der Waals surface area (Å²) in [5.41, 5.74) is 1.92. The molecule has 8 nitrogen and oxygen atoms in total. The summed E-state index contributed by atoms with van der Waals surface area (Å²) in [6, 6.07) is 7.83. The summed E-state index contributed by atoms with van der Waals surface area (Å²) in [4.78, 5) is 26.9. The van der Waals surface area contributed by atoms with Gasteiger partial charge in [-0.05, 0) is 37.7 Å². The molecule has 1 atom stereocenters. The second-order valence-electron chi connectivity index (χ2n) is 7.24. The van der Waals surface area contributed by atoms with Gasteiger partial charge in [-0.25, -0.2) is 4.79 Å². The van der Waals surface area contributed by atoms with Crippen LogP contribution in [-0.4, -0.2) is 77.4 Å². The molecule has 2 heterocycles. The van der Waals surface area contributed by atoms with E-state index in [1.54, 1.807) is 16.8 Å². The van der Waals surface area contributed by atoms with Gasteiger partial charge < -0.3 is 24.6 Å². The molecule has 1 aliphatic heterocycles. The second-order valence-corrected chi connectivity index (χ2v) is 7.24. The summed E-state index contributed by atoms with van der Waals surface area (Å²) < 4.78 is 7.89. The van der Waals surface area contributed by atoms with Crippen LogP contribution >= 0.6 is 0 Å². The van der Waals surface area contributed by atoms with Crippen molar-refractivity contribution in [3.63, 3.8) is 0 Å². The summed E-state index contributed by atoms with van der Waals surface area (Å²) in [5, 5.41) is 12.9. The van der Waals surface area contributed by atoms with Crippen molar-refractivity contribution in [1.29, 1.82) is 0 Å². The van der Waals surface area contributed by atoms with Crippen LogP contribution in [0.15, 0.2) is 30.5 Å². The summed E-state index contributed by atoms with van der Waals surface area (Å²) >= 11 is 0. The Morgan fingerprint density at radius 3 is 2.93 bits per heavy atom. The van der Waals surface area contributed by atoms with Crippen LogP contribution in [0.25, 0.3) is 10.9 Å². The monoisotopic (exact) mass is 388 g/mol. The minimum atomic E-state index is -0.879. The van der Waals surface area contributed by atoms with Gasteiger partial charge in [-0.3, -0.25) is 9.69 Å². The summed E-state index contributed by atoms with van der Waals surface area (Å²) in [7, 11) is 1.73. The largest absolute Gasteiger partial charge is 0.480 e. The average Bonchev–Trinajstić information content (AvgIpc) is 3.04. The fourth-order valence-electron chi connectivity index (χ4n) is 3.57. The number of ether oxygens (including phenoxy) is 1. The molecule has 3 rings (SSSR count). The van der Waals surface area contributed by atoms with Crippen molar-refractivity contribution in [1.82, 2.24) is 14.4 Å². The number of nitrogens with one attached hydrogen (secondary N) is 1. The van der Waals surface area contributed by atoms with Crippen LogP contribution in [0.2, 0.25) is 0 Å². The molecule has 0 spiro atoms. The molecule has 2 aromatic rings. The third-order valence-electron chi connectivity index (χ3n) is 4.83. The Kier molecular flexibility index (Phi) is 6.53. The Morgan fingerprint density at radius 2 is 2.18 bits per heavy atom. The van der Waals surface area contributed by atoms with Crippen molar-refractivity contribution < 1.29 is 19.4 Å². The minimum absolute atomic E-state index is 0.0518. The van der Waals surface area contributed by atoms with Crippen LogP contribution < -0.4 is 5.32 Å². The van der Waals surface area contributed by atoms with E-state index in [0.717, 1.165) is 29.6 Å². The van der Waals surface area contributed by atoms with Gasteiger partial charge in [0.05, 0.1) is 19.3 Å². The molecule has 1 saturated heterocycles. The SMILES string of the molecule is CCCn1ccc2cc(NC(=O)N3CCOC(CN(C)CC(=O)O)C3)ccc21. The number of hydrogen-bond donors (Lipinski definition) is 2. The van der Waals surface area contributed by atoms with Gasteiger partial charge in [0.1, 0.15) is 0 Å². The first-order valence-corrected chi connectivity index (χ1v) is 9.63. The number of amides is 2. The zero-order chi connectivity index (χ0) is 20.1. The van der Waals surface area contributed by atoms with E-state index in [9.17, 15) is 9.59 Å². The number of rotatable bonds is 7. The van der Waals surface area contributed by atoms with Crippen molar-refractivity contribution in [2.45, 2.75) is 26.0 Å². The van der Waals surface area contributed by atoms with Crippen molar-refractivity contribution >= 4 is 28.6 Å². The maximum Gasteiger partial charge on any atom is 0.322 e. The third-order valence-corrected chi connectivity index (χ3v) is 4.83. The van der Waals surface area contributed by atoms with E-state index in [-0.39, 0.29) is 18.7 Å². The van der Waals surface area contributed by atoms with E-state index in [2.05, 4.69) is 29.1 Å². The number of nitrogens with zero attached hydrogens (tertiary/aromatic N) is 3. The Morgan fingerprint density at radius 1 is 1.36 bits per heavy atom. The first kappa shape index (κ1) is 20.2. The second kappa shape index (κ2) is 9.07. The minimum Gasteiger partial charge on any atom is -0.480 e. The van der Waals surface area contributed by atoms with Crippen LogP contribution in [0.4, 0.5) is 10.5 Å². The maximum atomic E-state index is 12.7. The van der Waals surface area contributed by atoms with Gasteiger partial charge in [0, 0.05) is 49.0 Å². The highest BCUT2D eigenvalue weighted by molar-refractivity contribution is 5.93. The number of carboxylic acid groups (broad SMARTS) is 1. The van der Waals surface area contributed by atoms with Gasteiger partial charge in [-0.15, -0.1) is 0 Å². The number of anilines is 1. The highest BCUT2D eigenvalue weighted by Crippen LogP contribution is 2.21. The van der Waals surface area contributed by atoms with Gasteiger partial charge >= 0.3 is 12.0 Å². The quantitative estimate of drug-likeness (QED) is 0.760. The number of benzene rings is 1. The van der Waals surface area contributed by atoms with Crippen LogP contribution in [0.1, 0.15) is 13.3 Å². The van der Waals surface area contributed by atoms with Crippen molar-refractivity contribution in [2.24, 2.45) is 0 Å². The van der Waals surface area contributed by atoms with E-state index in [1.807, 2.05) is 18.2 Å². The van der Waals surface area contributed by atoms with Crippen LogP contribution in [0.5, 0.6) is 0 Å². The topological polar surface area (TPSA) is 87.0 Å². The molecule has 0 radical (unpaired) electrons. The molecule has 1 aliphatic rings. The number of aliphatic carboxylic acids is 1. The summed E-state index contributed by atoms with van der Waals surface area (Å²) in [5.74, 6) is -0.879. The number of aryl methyl sites for hydroxylation is 1. The van der Waals surface area contributed by atoms with E-state index >= 15 is 0 Å². The number of likely N-dealkylation sites (N-methyl/N-ethyl adjacent to an activating group) is 1. The number of carbonyl (C=O) groups is 2. The lowest BCUT2D eigenvalue weighted by Crippen LogP contribution is -2.50. The Bertz CT molecular complexity index is 835. The maximum absolute atomic E-state index is 12.7. The van der Waals surface area contributed by atoms with Gasteiger partial charge in [0.2, 0.25) is 0 Å². The van der Waals surface area contributed by atoms with Crippen LogP contribution in [0, 0.1) is 0 Å². The van der Waals surface area contributed by atoms with E-state index < -0.39 is 5.97 Å². The molecule has 1 aromatic heterocycles. The Labute approximate surface area is 164 Å². The summed E-state index contributed by atoms with van der Waals surface area (Å²) in [6.07, 6.45) is 2.94. The molecular formula is C20H28N4O4. The number of carbonyl (C=O) groups excluding carboxylic acids is 1. The highest BCUT2D eigenvalue weighted by Gasteiger charge is 2.25. The Balaban J connectivity index is 1.59. The average molecular weight is 388 g/mol. The predicted molar refractivity (Wildman–Crippen MR) is 108 cm³/mol. The van der Waals surface area contributed by atoms with E-state index in [0.29, 0.717) is 26.2 Å².